The normalized spacial score (nSPS) is 23.8. The summed E-state index contributed by atoms with van der Waals surface area (Å²) < 4.78 is 1.97. The van der Waals surface area contributed by atoms with Crippen LogP contribution >= 0.6 is 0 Å². The van der Waals surface area contributed by atoms with Crippen LogP contribution in [0, 0.1) is 32.6 Å². The van der Waals surface area contributed by atoms with Gasteiger partial charge in [-0.3, -0.25) is 4.79 Å². The number of rotatable bonds is 2. The molecule has 5 rings (SSSR count). The molecule has 2 aliphatic heterocycles. The zero-order valence-electron chi connectivity index (χ0n) is 17.5. The van der Waals surface area contributed by atoms with Gasteiger partial charge in [0.2, 0.25) is 5.91 Å². The van der Waals surface area contributed by atoms with E-state index in [1.807, 2.05) is 16.8 Å². The highest BCUT2D eigenvalue weighted by molar-refractivity contribution is 5.74. The van der Waals surface area contributed by atoms with Gasteiger partial charge in [0.1, 0.15) is 5.82 Å². The van der Waals surface area contributed by atoms with Gasteiger partial charge < -0.3 is 9.80 Å². The molecule has 6 heteroatoms. The summed E-state index contributed by atoms with van der Waals surface area (Å²) in [5.41, 5.74) is 5.65. The Labute approximate surface area is 171 Å². The average Bonchev–Trinajstić information content (AvgIpc) is 3.37. The molecule has 2 fully saturated rings. The molecule has 2 aliphatic rings. The number of anilines is 1. The Balaban J connectivity index is 1.55. The first kappa shape index (κ1) is 18.2. The van der Waals surface area contributed by atoms with Crippen molar-refractivity contribution in [2.45, 2.75) is 33.7 Å². The zero-order valence-corrected chi connectivity index (χ0v) is 17.5. The van der Waals surface area contributed by atoms with Crippen molar-refractivity contribution in [1.82, 2.24) is 19.5 Å². The summed E-state index contributed by atoms with van der Waals surface area (Å²) >= 11 is 0. The molecule has 0 N–H and O–H groups in total. The molecule has 0 bridgehead atoms. The van der Waals surface area contributed by atoms with E-state index in [-0.39, 0.29) is 11.9 Å². The molecule has 0 unspecified atom stereocenters. The molecule has 0 aliphatic carbocycles. The monoisotopic (exact) mass is 389 g/mol. The highest BCUT2D eigenvalue weighted by Crippen LogP contribution is 2.47. The number of hydrogen-bond donors (Lipinski definition) is 0. The summed E-state index contributed by atoms with van der Waals surface area (Å²) in [5.74, 6) is 2.19. The maximum absolute atomic E-state index is 12.5. The van der Waals surface area contributed by atoms with E-state index in [1.54, 1.807) is 6.92 Å². The second-order valence-electron chi connectivity index (χ2n) is 8.55. The summed E-state index contributed by atoms with van der Waals surface area (Å²) in [7, 11) is 0. The standard InChI is InChI=1S/C23H27N5O/c1-14-7-5-6-8-19(14)22-20-13-26(11-18(20)12-27(22)17(4)29)23-15(2)16(3)25-21-9-10-24-28(21)23/h5-10,18,20,22H,11-13H2,1-4H3/t18-,20-,22+/m1/s1. The minimum atomic E-state index is 0.139. The number of aryl methyl sites for hydroxylation is 2. The van der Waals surface area contributed by atoms with E-state index in [2.05, 4.69) is 64.9 Å². The summed E-state index contributed by atoms with van der Waals surface area (Å²) in [6, 6.07) is 10.6. The van der Waals surface area contributed by atoms with Gasteiger partial charge in [0.15, 0.2) is 5.65 Å². The van der Waals surface area contributed by atoms with Gasteiger partial charge in [-0.1, -0.05) is 24.3 Å². The van der Waals surface area contributed by atoms with Crippen molar-refractivity contribution in [3.05, 3.63) is 58.9 Å². The van der Waals surface area contributed by atoms with Crippen LogP contribution in [0.1, 0.15) is 35.3 Å². The van der Waals surface area contributed by atoms with Crippen LogP contribution < -0.4 is 4.90 Å². The molecule has 4 heterocycles. The van der Waals surface area contributed by atoms with Gasteiger partial charge >= 0.3 is 0 Å². The number of aromatic nitrogens is 3. The Hall–Kier alpha value is -2.89. The van der Waals surface area contributed by atoms with Crippen molar-refractivity contribution in [1.29, 1.82) is 0 Å². The molecule has 2 aromatic heterocycles. The predicted molar refractivity (Wildman–Crippen MR) is 113 cm³/mol. The lowest BCUT2D eigenvalue weighted by Gasteiger charge is -2.31. The van der Waals surface area contributed by atoms with E-state index >= 15 is 0 Å². The summed E-state index contributed by atoms with van der Waals surface area (Å²) in [5, 5.41) is 4.54. The fraction of sp³-hybridized carbons (Fsp3) is 0.435. The van der Waals surface area contributed by atoms with Crippen LogP contribution in [0.15, 0.2) is 36.5 Å². The molecule has 2 saturated heterocycles. The molecule has 150 valence electrons. The third-order valence-corrected chi connectivity index (χ3v) is 6.86. The number of hydrogen-bond acceptors (Lipinski definition) is 4. The van der Waals surface area contributed by atoms with Crippen LogP contribution in [0.25, 0.3) is 5.65 Å². The van der Waals surface area contributed by atoms with Crippen LogP contribution in [0.5, 0.6) is 0 Å². The highest BCUT2D eigenvalue weighted by atomic mass is 16.2. The predicted octanol–water partition coefficient (Wildman–Crippen LogP) is 3.31. The van der Waals surface area contributed by atoms with Crippen molar-refractivity contribution in [3.8, 4) is 0 Å². The van der Waals surface area contributed by atoms with Crippen molar-refractivity contribution in [2.24, 2.45) is 11.8 Å². The SMILES string of the molecule is CC(=O)N1C[C@H]2CN(c3c(C)c(C)nc4ccnn34)C[C@H]2[C@@H]1c1ccccc1C. The van der Waals surface area contributed by atoms with Crippen molar-refractivity contribution < 1.29 is 4.79 Å². The van der Waals surface area contributed by atoms with Crippen LogP contribution in [0.3, 0.4) is 0 Å². The fourth-order valence-electron chi connectivity index (χ4n) is 5.35. The smallest absolute Gasteiger partial charge is 0.219 e. The van der Waals surface area contributed by atoms with Gasteiger partial charge in [-0.05, 0) is 31.9 Å². The number of nitrogens with zero attached hydrogens (tertiary/aromatic N) is 5. The topological polar surface area (TPSA) is 53.7 Å². The largest absolute Gasteiger partial charge is 0.355 e. The van der Waals surface area contributed by atoms with Crippen molar-refractivity contribution in [2.75, 3.05) is 24.5 Å². The zero-order chi connectivity index (χ0) is 20.3. The molecule has 6 nitrogen and oxygen atoms in total. The van der Waals surface area contributed by atoms with E-state index in [0.717, 1.165) is 36.8 Å². The molecule has 0 radical (unpaired) electrons. The Bertz CT molecular complexity index is 1100. The van der Waals surface area contributed by atoms with Gasteiger partial charge in [0.05, 0.1) is 12.2 Å². The van der Waals surface area contributed by atoms with Crippen LogP contribution in [0.4, 0.5) is 5.82 Å². The minimum absolute atomic E-state index is 0.139. The van der Waals surface area contributed by atoms with E-state index in [0.29, 0.717) is 11.8 Å². The molecule has 1 amide bonds. The highest BCUT2D eigenvalue weighted by Gasteiger charge is 2.49. The second kappa shape index (κ2) is 6.58. The average molecular weight is 390 g/mol. The number of amides is 1. The van der Waals surface area contributed by atoms with Gasteiger partial charge in [0, 0.05) is 55.7 Å². The number of benzene rings is 1. The number of fused-ring (bicyclic) bond motifs is 2. The minimum Gasteiger partial charge on any atom is -0.355 e. The number of carbonyl (C=O) groups excluding carboxylic acids is 1. The van der Waals surface area contributed by atoms with E-state index in [4.69, 9.17) is 0 Å². The molecule has 0 spiro atoms. The van der Waals surface area contributed by atoms with Gasteiger partial charge in [-0.15, -0.1) is 0 Å². The Morgan fingerprint density at radius 2 is 1.86 bits per heavy atom. The number of carbonyl (C=O) groups is 1. The van der Waals surface area contributed by atoms with Gasteiger partial charge in [-0.25, -0.2) is 4.98 Å². The Morgan fingerprint density at radius 1 is 1.07 bits per heavy atom. The summed E-state index contributed by atoms with van der Waals surface area (Å²) in [4.78, 5) is 21.7. The first-order chi connectivity index (χ1) is 14.0. The Kier molecular flexibility index (Phi) is 4.12. The van der Waals surface area contributed by atoms with Crippen LogP contribution in [-0.2, 0) is 4.79 Å². The summed E-state index contributed by atoms with van der Waals surface area (Å²) in [6.07, 6.45) is 1.81. The van der Waals surface area contributed by atoms with E-state index in [1.165, 1.54) is 16.7 Å². The third kappa shape index (κ3) is 2.73. The quantitative estimate of drug-likeness (QED) is 0.675. The summed E-state index contributed by atoms with van der Waals surface area (Å²) in [6.45, 7) is 10.7. The lowest BCUT2D eigenvalue weighted by molar-refractivity contribution is -0.130. The molecular formula is C23H27N5O. The molecule has 1 aromatic carbocycles. The maximum atomic E-state index is 12.5. The van der Waals surface area contributed by atoms with Crippen LogP contribution in [0.2, 0.25) is 0 Å². The third-order valence-electron chi connectivity index (χ3n) is 6.86. The van der Waals surface area contributed by atoms with E-state index < -0.39 is 0 Å². The van der Waals surface area contributed by atoms with Crippen molar-refractivity contribution >= 4 is 17.4 Å². The van der Waals surface area contributed by atoms with Gasteiger partial charge in [-0.2, -0.15) is 9.61 Å². The first-order valence-corrected chi connectivity index (χ1v) is 10.3. The lowest BCUT2D eigenvalue weighted by atomic mass is 9.87. The van der Waals surface area contributed by atoms with Crippen molar-refractivity contribution in [3.63, 3.8) is 0 Å². The molecule has 3 aromatic rings. The Morgan fingerprint density at radius 3 is 2.62 bits per heavy atom. The van der Waals surface area contributed by atoms with Crippen LogP contribution in [-0.4, -0.2) is 45.0 Å². The molecule has 29 heavy (non-hydrogen) atoms. The second-order valence-corrected chi connectivity index (χ2v) is 8.55. The number of likely N-dealkylation sites (tertiary alicyclic amines) is 1. The molecule has 3 atom stereocenters. The lowest BCUT2D eigenvalue weighted by Crippen LogP contribution is -2.35. The maximum Gasteiger partial charge on any atom is 0.219 e. The first-order valence-electron chi connectivity index (χ1n) is 10.3. The van der Waals surface area contributed by atoms with E-state index in [9.17, 15) is 4.79 Å². The molecule has 0 saturated carbocycles. The van der Waals surface area contributed by atoms with Gasteiger partial charge in [0.25, 0.3) is 0 Å². The molecular weight excluding hydrogens is 362 g/mol. The fourth-order valence-corrected chi connectivity index (χ4v) is 5.35.